The number of nitro benzene ring substituents is 2. The molecule has 1 aliphatic rings. The molecule has 200 valence electrons. The second kappa shape index (κ2) is 11.1. The smallest absolute Gasteiger partial charge is 0.305 e. The number of halogens is 1. The number of hydrazone groups is 1. The SMILES string of the molecule is Cc1c(C(=O)NNC(=O)c2ccc([N+](=O)[O-])cc2)oc2c1/C(=N/NC(=O)c1ccc(Cl)c([N+](=O)[O-])c1)CCC2. The molecule has 0 spiro atoms. The molecule has 0 unspecified atom stereocenters. The Morgan fingerprint density at radius 2 is 1.59 bits per heavy atom. The number of non-ortho nitro benzene ring substituents is 1. The largest absolute Gasteiger partial charge is 0.455 e. The Morgan fingerprint density at radius 3 is 2.26 bits per heavy atom. The standard InChI is InChI=1S/C24H19ClN6O8/c1-12-20-17(26-27-23(33)14-7-10-16(25)18(11-14)31(37)38)3-2-4-19(20)39-21(12)24(34)29-28-22(32)13-5-8-15(9-6-13)30(35)36/h5-11H,2-4H2,1H3,(H,27,33)(H,28,32)(H,29,34)/b26-17+. The predicted molar refractivity (Wildman–Crippen MR) is 137 cm³/mol. The average Bonchev–Trinajstić information content (AvgIpc) is 3.27. The number of amides is 3. The normalized spacial score (nSPS) is 13.3. The van der Waals surface area contributed by atoms with Crippen molar-refractivity contribution < 1.29 is 28.6 Å². The molecular formula is C24H19ClN6O8. The molecule has 3 aromatic rings. The molecule has 0 fully saturated rings. The van der Waals surface area contributed by atoms with E-state index in [0.717, 1.165) is 18.2 Å². The van der Waals surface area contributed by atoms with Crippen LogP contribution in [-0.4, -0.2) is 33.3 Å². The van der Waals surface area contributed by atoms with Gasteiger partial charge in [-0.25, -0.2) is 5.43 Å². The number of nitrogens with zero attached hydrogens (tertiary/aromatic N) is 3. The monoisotopic (exact) mass is 554 g/mol. The summed E-state index contributed by atoms with van der Waals surface area (Å²) in [6.07, 6.45) is 1.60. The van der Waals surface area contributed by atoms with Crippen LogP contribution < -0.4 is 16.3 Å². The van der Waals surface area contributed by atoms with Gasteiger partial charge in [-0.05, 0) is 44.0 Å². The summed E-state index contributed by atoms with van der Waals surface area (Å²) in [7, 11) is 0. The zero-order valence-corrected chi connectivity index (χ0v) is 20.9. The first-order valence-corrected chi connectivity index (χ1v) is 11.7. The van der Waals surface area contributed by atoms with Gasteiger partial charge in [-0.2, -0.15) is 5.10 Å². The van der Waals surface area contributed by atoms with E-state index in [0.29, 0.717) is 41.9 Å². The van der Waals surface area contributed by atoms with Crippen LogP contribution in [0.1, 0.15) is 61.0 Å². The highest BCUT2D eigenvalue weighted by atomic mass is 35.5. The van der Waals surface area contributed by atoms with Gasteiger partial charge in [-0.3, -0.25) is 45.5 Å². The van der Waals surface area contributed by atoms with Crippen LogP contribution in [0.25, 0.3) is 0 Å². The van der Waals surface area contributed by atoms with E-state index in [2.05, 4.69) is 21.4 Å². The van der Waals surface area contributed by atoms with E-state index in [1.54, 1.807) is 6.92 Å². The summed E-state index contributed by atoms with van der Waals surface area (Å²) in [5, 5.41) is 25.9. The van der Waals surface area contributed by atoms with Crippen molar-refractivity contribution in [2.45, 2.75) is 26.2 Å². The number of nitrogens with one attached hydrogen (secondary N) is 3. The molecule has 1 aliphatic carbocycles. The third-order valence-corrected chi connectivity index (χ3v) is 6.18. The first-order chi connectivity index (χ1) is 18.6. The molecule has 1 aromatic heterocycles. The first-order valence-electron chi connectivity index (χ1n) is 11.4. The van der Waals surface area contributed by atoms with Crippen molar-refractivity contribution in [3.8, 4) is 0 Å². The second-order valence-corrected chi connectivity index (χ2v) is 8.75. The molecule has 0 radical (unpaired) electrons. The van der Waals surface area contributed by atoms with Gasteiger partial charge < -0.3 is 4.42 Å². The fraction of sp³-hybridized carbons (Fsp3) is 0.167. The number of hydrazine groups is 1. The minimum absolute atomic E-state index is 0.0146. The number of hydrogen-bond donors (Lipinski definition) is 3. The summed E-state index contributed by atoms with van der Waals surface area (Å²) in [5.41, 5.74) is 7.74. The lowest BCUT2D eigenvalue weighted by Gasteiger charge is -2.13. The molecule has 4 rings (SSSR count). The predicted octanol–water partition coefficient (Wildman–Crippen LogP) is 3.60. The maximum atomic E-state index is 12.8. The van der Waals surface area contributed by atoms with E-state index in [1.807, 2.05) is 0 Å². The molecule has 0 atom stereocenters. The van der Waals surface area contributed by atoms with Crippen LogP contribution in [0, 0.1) is 27.2 Å². The number of carbonyl (C=O) groups is 3. The fourth-order valence-corrected chi connectivity index (χ4v) is 4.14. The molecule has 2 aromatic carbocycles. The summed E-state index contributed by atoms with van der Waals surface area (Å²) in [6.45, 7) is 1.63. The van der Waals surface area contributed by atoms with Crippen molar-refractivity contribution in [3.63, 3.8) is 0 Å². The summed E-state index contributed by atoms with van der Waals surface area (Å²) in [5.74, 6) is -1.73. The number of rotatable bonds is 6. The van der Waals surface area contributed by atoms with Crippen molar-refractivity contribution in [1.82, 2.24) is 16.3 Å². The van der Waals surface area contributed by atoms with Crippen LogP contribution in [0.15, 0.2) is 52.0 Å². The van der Waals surface area contributed by atoms with Crippen LogP contribution in [0.4, 0.5) is 11.4 Å². The van der Waals surface area contributed by atoms with Crippen molar-refractivity contribution in [2.24, 2.45) is 5.10 Å². The average molecular weight is 555 g/mol. The van der Waals surface area contributed by atoms with Gasteiger partial charge in [0.25, 0.3) is 23.2 Å². The molecule has 0 saturated carbocycles. The van der Waals surface area contributed by atoms with E-state index < -0.39 is 33.3 Å². The van der Waals surface area contributed by atoms with Gasteiger partial charge in [0.05, 0.1) is 15.6 Å². The maximum Gasteiger partial charge on any atom is 0.305 e. The highest BCUT2D eigenvalue weighted by Gasteiger charge is 2.28. The number of aryl methyl sites for hydroxylation is 1. The van der Waals surface area contributed by atoms with Crippen molar-refractivity contribution in [3.05, 3.63) is 101 Å². The van der Waals surface area contributed by atoms with Crippen molar-refractivity contribution in [1.29, 1.82) is 0 Å². The Hall–Kier alpha value is -5.11. The zero-order chi connectivity index (χ0) is 28.3. The Morgan fingerprint density at radius 1 is 0.923 bits per heavy atom. The summed E-state index contributed by atoms with van der Waals surface area (Å²) in [6, 6.07) is 8.43. The Balaban J connectivity index is 1.47. The molecule has 15 heteroatoms. The van der Waals surface area contributed by atoms with Crippen molar-refractivity contribution in [2.75, 3.05) is 0 Å². The van der Waals surface area contributed by atoms with Gasteiger partial charge in [-0.1, -0.05) is 11.6 Å². The summed E-state index contributed by atoms with van der Waals surface area (Å²) in [4.78, 5) is 58.2. The molecule has 3 N–H and O–H groups in total. The summed E-state index contributed by atoms with van der Waals surface area (Å²) >= 11 is 5.79. The van der Waals surface area contributed by atoms with E-state index in [9.17, 15) is 34.6 Å². The number of furan rings is 1. The van der Waals surface area contributed by atoms with Gasteiger partial charge in [0.2, 0.25) is 0 Å². The Bertz CT molecular complexity index is 1550. The molecule has 0 aliphatic heterocycles. The first kappa shape index (κ1) is 26.9. The highest BCUT2D eigenvalue weighted by molar-refractivity contribution is 6.32. The summed E-state index contributed by atoms with van der Waals surface area (Å²) < 4.78 is 5.73. The lowest BCUT2D eigenvalue weighted by atomic mass is 9.93. The van der Waals surface area contributed by atoms with Crippen molar-refractivity contribution >= 4 is 46.4 Å². The minimum Gasteiger partial charge on any atom is -0.455 e. The second-order valence-electron chi connectivity index (χ2n) is 8.34. The third kappa shape index (κ3) is 5.75. The highest BCUT2D eigenvalue weighted by Crippen LogP contribution is 2.30. The van der Waals surface area contributed by atoms with Crippen LogP contribution in [0.2, 0.25) is 5.02 Å². The molecule has 14 nitrogen and oxygen atoms in total. The number of benzene rings is 2. The van der Waals surface area contributed by atoms with Crippen LogP contribution in [0.3, 0.4) is 0 Å². The number of fused-ring (bicyclic) bond motifs is 1. The van der Waals surface area contributed by atoms with E-state index in [4.69, 9.17) is 16.0 Å². The van der Waals surface area contributed by atoms with Crippen LogP contribution in [0.5, 0.6) is 0 Å². The van der Waals surface area contributed by atoms with Gasteiger partial charge in [0.15, 0.2) is 5.76 Å². The zero-order valence-electron chi connectivity index (χ0n) is 20.1. The molecule has 0 bridgehead atoms. The van der Waals surface area contributed by atoms with Gasteiger partial charge in [0, 0.05) is 46.9 Å². The van der Waals surface area contributed by atoms with Gasteiger partial charge in [0.1, 0.15) is 10.8 Å². The quantitative estimate of drug-likeness (QED) is 0.303. The Labute approximate surface area is 224 Å². The molecular weight excluding hydrogens is 536 g/mol. The van der Waals surface area contributed by atoms with E-state index in [-0.39, 0.29) is 27.6 Å². The molecule has 1 heterocycles. The third-order valence-electron chi connectivity index (χ3n) is 5.86. The minimum atomic E-state index is -0.742. The lowest BCUT2D eigenvalue weighted by Crippen LogP contribution is -2.41. The van der Waals surface area contributed by atoms with Crippen LogP contribution in [-0.2, 0) is 6.42 Å². The van der Waals surface area contributed by atoms with Gasteiger partial charge >= 0.3 is 5.91 Å². The van der Waals surface area contributed by atoms with Gasteiger partial charge in [-0.15, -0.1) is 0 Å². The number of hydrogen-bond acceptors (Lipinski definition) is 9. The fourth-order valence-electron chi connectivity index (χ4n) is 3.95. The molecule has 39 heavy (non-hydrogen) atoms. The van der Waals surface area contributed by atoms with Crippen LogP contribution >= 0.6 is 11.6 Å². The van der Waals surface area contributed by atoms with E-state index >= 15 is 0 Å². The molecule has 0 saturated heterocycles. The number of carbonyl (C=O) groups excluding carboxylic acids is 3. The van der Waals surface area contributed by atoms with E-state index in [1.165, 1.54) is 24.3 Å². The maximum absolute atomic E-state index is 12.8. The number of nitro groups is 2. The topological polar surface area (TPSA) is 199 Å². The lowest BCUT2D eigenvalue weighted by molar-refractivity contribution is -0.385. The Kier molecular flexibility index (Phi) is 7.67. The molecule has 3 amide bonds.